The number of Topliss-reactive ketones (excluding diaryl/α,β-unsaturated/α-hetero) is 1. The molecule has 0 spiro atoms. The van der Waals surface area contributed by atoms with Gasteiger partial charge in [-0.3, -0.25) is 14.4 Å². The second-order valence-corrected chi connectivity index (χ2v) is 2.86. The van der Waals surface area contributed by atoms with Gasteiger partial charge in [0.15, 0.2) is 6.29 Å². The molecule has 0 aromatic rings. The van der Waals surface area contributed by atoms with Crippen molar-refractivity contribution in [2.45, 2.75) is 13.3 Å². The van der Waals surface area contributed by atoms with Crippen LogP contribution in [0.5, 0.6) is 0 Å². The lowest BCUT2D eigenvalue weighted by molar-refractivity contribution is -0.152. The minimum atomic E-state index is -1.16. The Balaban J connectivity index is 4.72. The fourth-order valence-corrected chi connectivity index (χ4v) is 1.09. The minimum absolute atomic E-state index is 0.0271. The van der Waals surface area contributed by atoms with Crippen LogP contribution >= 0.6 is 0 Å². The summed E-state index contributed by atoms with van der Waals surface area (Å²) in [5.74, 6) is -3.29. The fraction of sp³-hybridized carbons (Fsp3) is 0.556. The third kappa shape index (κ3) is 2.98. The van der Waals surface area contributed by atoms with Gasteiger partial charge in [-0.15, -0.1) is 0 Å². The summed E-state index contributed by atoms with van der Waals surface area (Å²) in [5, 5.41) is 8.39. The molecule has 0 bridgehead atoms. The summed E-state index contributed by atoms with van der Waals surface area (Å²) in [6, 6.07) is 1.83. The van der Waals surface area contributed by atoms with Crippen molar-refractivity contribution in [3.8, 4) is 6.07 Å². The third-order valence-corrected chi connectivity index (χ3v) is 1.86. The maximum atomic E-state index is 11.1. The predicted molar refractivity (Wildman–Crippen MR) is 46.0 cm³/mol. The van der Waals surface area contributed by atoms with Crippen LogP contribution in [-0.4, -0.2) is 25.1 Å². The van der Waals surface area contributed by atoms with Crippen molar-refractivity contribution in [1.82, 2.24) is 0 Å². The Morgan fingerprint density at radius 1 is 1.57 bits per heavy atom. The molecule has 0 rings (SSSR count). The Bertz CT molecular complexity index is 279. The summed E-state index contributed by atoms with van der Waals surface area (Å²) in [6.45, 7) is 1.55. The van der Waals surface area contributed by atoms with Gasteiger partial charge in [0, 0.05) is 6.42 Å². The van der Waals surface area contributed by atoms with Crippen molar-refractivity contribution in [3.63, 3.8) is 0 Å². The Morgan fingerprint density at radius 2 is 2.14 bits per heavy atom. The highest BCUT2D eigenvalue weighted by molar-refractivity contribution is 6.30. The van der Waals surface area contributed by atoms with Crippen LogP contribution in [0.1, 0.15) is 13.3 Å². The van der Waals surface area contributed by atoms with E-state index in [4.69, 9.17) is 5.26 Å². The molecule has 0 saturated heterocycles. The van der Waals surface area contributed by atoms with Crippen LogP contribution in [0.3, 0.4) is 0 Å². The molecule has 0 heterocycles. The number of nitrogens with zero attached hydrogens (tertiary/aromatic N) is 1. The molecule has 0 N–H and O–H groups in total. The number of methoxy groups -OCH3 is 1. The number of carbonyl (C=O) groups excluding carboxylic acids is 3. The number of nitriles is 1. The van der Waals surface area contributed by atoms with E-state index in [0.29, 0.717) is 0 Å². The van der Waals surface area contributed by atoms with E-state index >= 15 is 0 Å². The molecule has 0 aromatic heterocycles. The van der Waals surface area contributed by atoms with E-state index in [0.717, 1.165) is 7.11 Å². The highest BCUT2D eigenvalue weighted by Gasteiger charge is 2.32. The van der Waals surface area contributed by atoms with Gasteiger partial charge in [0.1, 0.15) is 5.92 Å². The Labute approximate surface area is 81.6 Å². The number of hydrogen-bond acceptors (Lipinski definition) is 5. The average Bonchev–Trinajstić information content (AvgIpc) is 2.17. The van der Waals surface area contributed by atoms with Crippen LogP contribution < -0.4 is 0 Å². The fourth-order valence-electron chi connectivity index (χ4n) is 1.09. The van der Waals surface area contributed by atoms with Crippen molar-refractivity contribution in [2.75, 3.05) is 7.11 Å². The van der Waals surface area contributed by atoms with E-state index < -0.39 is 23.6 Å². The van der Waals surface area contributed by atoms with Crippen LogP contribution in [0.25, 0.3) is 0 Å². The van der Waals surface area contributed by atoms with Gasteiger partial charge in [-0.2, -0.15) is 5.26 Å². The van der Waals surface area contributed by atoms with Crippen molar-refractivity contribution in [2.24, 2.45) is 11.8 Å². The average molecular weight is 197 g/mol. The number of ketones is 1. The molecule has 0 aliphatic heterocycles. The topological polar surface area (TPSA) is 84.2 Å². The summed E-state index contributed by atoms with van der Waals surface area (Å²) < 4.78 is 4.37. The molecule has 0 saturated carbocycles. The number of carbonyl (C=O) groups is 3. The summed E-state index contributed by atoms with van der Waals surface area (Å²) in [4.78, 5) is 32.4. The lowest BCUT2D eigenvalue weighted by atomic mass is 9.88. The van der Waals surface area contributed by atoms with E-state index in [1.807, 2.05) is 6.07 Å². The summed E-state index contributed by atoms with van der Waals surface area (Å²) in [6.07, 6.45) is 0.106. The first-order valence-corrected chi connectivity index (χ1v) is 4.02. The SMILES string of the molecule is COC(=O)C(C(=O)C=O)[C@H](C)CC#N. The van der Waals surface area contributed by atoms with Crippen LogP contribution in [-0.2, 0) is 19.1 Å². The molecular formula is C9H11NO4. The molecular weight excluding hydrogens is 186 g/mol. The second kappa shape index (κ2) is 5.86. The minimum Gasteiger partial charge on any atom is -0.468 e. The zero-order valence-electron chi connectivity index (χ0n) is 8.02. The normalized spacial score (nSPS) is 13.5. The van der Waals surface area contributed by atoms with Gasteiger partial charge in [-0.1, -0.05) is 6.92 Å². The highest BCUT2D eigenvalue weighted by atomic mass is 16.5. The third-order valence-electron chi connectivity index (χ3n) is 1.86. The van der Waals surface area contributed by atoms with Crippen molar-refractivity contribution < 1.29 is 19.1 Å². The molecule has 0 aliphatic carbocycles. The zero-order chi connectivity index (χ0) is 11.1. The molecule has 14 heavy (non-hydrogen) atoms. The predicted octanol–water partition coefficient (Wildman–Crippen LogP) is 0.0934. The van der Waals surface area contributed by atoms with Crippen LogP contribution in [0.4, 0.5) is 0 Å². The van der Waals surface area contributed by atoms with Gasteiger partial charge in [-0.25, -0.2) is 0 Å². The van der Waals surface area contributed by atoms with Crippen molar-refractivity contribution in [3.05, 3.63) is 0 Å². The maximum Gasteiger partial charge on any atom is 0.317 e. The van der Waals surface area contributed by atoms with E-state index in [2.05, 4.69) is 4.74 Å². The van der Waals surface area contributed by atoms with Gasteiger partial charge in [0.2, 0.25) is 5.78 Å². The number of ether oxygens (including phenoxy) is 1. The van der Waals surface area contributed by atoms with E-state index in [9.17, 15) is 14.4 Å². The number of aldehydes is 1. The van der Waals surface area contributed by atoms with Crippen molar-refractivity contribution >= 4 is 18.0 Å². The number of hydrogen-bond donors (Lipinski definition) is 0. The molecule has 76 valence electrons. The lowest BCUT2D eigenvalue weighted by Gasteiger charge is -2.15. The van der Waals surface area contributed by atoms with E-state index in [1.165, 1.54) is 0 Å². The van der Waals surface area contributed by atoms with Crippen LogP contribution in [0.15, 0.2) is 0 Å². The monoisotopic (exact) mass is 197 g/mol. The largest absolute Gasteiger partial charge is 0.468 e. The molecule has 0 radical (unpaired) electrons. The molecule has 0 amide bonds. The molecule has 5 nitrogen and oxygen atoms in total. The van der Waals surface area contributed by atoms with Crippen LogP contribution in [0.2, 0.25) is 0 Å². The van der Waals surface area contributed by atoms with Gasteiger partial charge in [0.05, 0.1) is 13.2 Å². The first kappa shape index (κ1) is 12.3. The Kier molecular flexibility index (Phi) is 5.15. The maximum absolute atomic E-state index is 11.1. The lowest BCUT2D eigenvalue weighted by Crippen LogP contribution is -2.31. The summed E-state index contributed by atoms with van der Waals surface area (Å²) in [7, 11) is 1.13. The molecule has 0 fully saturated rings. The number of esters is 1. The van der Waals surface area contributed by atoms with Crippen LogP contribution in [0, 0.1) is 23.2 Å². The van der Waals surface area contributed by atoms with Gasteiger partial charge in [0.25, 0.3) is 0 Å². The quantitative estimate of drug-likeness (QED) is 0.270. The van der Waals surface area contributed by atoms with Gasteiger partial charge >= 0.3 is 5.97 Å². The Morgan fingerprint density at radius 3 is 2.50 bits per heavy atom. The molecule has 0 aromatic carbocycles. The number of rotatable bonds is 5. The Hall–Kier alpha value is -1.70. The first-order valence-electron chi connectivity index (χ1n) is 4.02. The molecule has 1 unspecified atom stereocenters. The molecule has 5 heteroatoms. The van der Waals surface area contributed by atoms with Gasteiger partial charge < -0.3 is 4.74 Å². The van der Waals surface area contributed by atoms with E-state index in [-0.39, 0.29) is 12.7 Å². The zero-order valence-corrected chi connectivity index (χ0v) is 8.02. The standard InChI is InChI=1S/C9H11NO4/c1-6(3-4-10)8(7(12)5-11)9(13)14-2/h5-6,8H,3H2,1-2H3/t6-,8?/m1/s1. The summed E-state index contributed by atoms with van der Waals surface area (Å²) >= 11 is 0. The van der Waals surface area contributed by atoms with Crippen molar-refractivity contribution in [1.29, 1.82) is 5.26 Å². The molecule has 0 aliphatic rings. The second-order valence-electron chi connectivity index (χ2n) is 2.86. The molecule has 2 atom stereocenters. The van der Waals surface area contributed by atoms with Gasteiger partial charge in [-0.05, 0) is 5.92 Å². The first-order chi connectivity index (χ1) is 6.58. The summed E-state index contributed by atoms with van der Waals surface area (Å²) in [5.41, 5.74) is 0. The highest BCUT2D eigenvalue weighted by Crippen LogP contribution is 2.17. The van der Waals surface area contributed by atoms with E-state index in [1.54, 1.807) is 6.92 Å². The smallest absolute Gasteiger partial charge is 0.317 e.